The summed E-state index contributed by atoms with van der Waals surface area (Å²) in [5, 5.41) is 9.82. The molecule has 1 aromatic heterocycles. The van der Waals surface area contributed by atoms with Crippen LogP contribution in [0.5, 0.6) is 0 Å². The Labute approximate surface area is 128 Å². The van der Waals surface area contributed by atoms with Crippen molar-refractivity contribution in [3.05, 3.63) is 51.5 Å². The number of rotatable bonds is 1. The van der Waals surface area contributed by atoms with E-state index in [1.807, 2.05) is 24.3 Å². The number of hydrogen-bond donors (Lipinski definition) is 1. The number of nitriles is 1. The number of nitrogen functional groups attached to an aromatic ring is 1. The SMILES string of the molecule is N#Cc1cc(Br)ccc1-n1c(N)nc2c(Cl)cccc21. The van der Waals surface area contributed by atoms with E-state index in [1.165, 1.54) is 0 Å². The third-order valence-corrected chi connectivity index (χ3v) is 3.78. The van der Waals surface area contributed by atoms with Gasteiger partial charge in [-0.05, 0) is 30.3 Å². The number of nitrogens with zero attached hydrogens (tertiary/aromatic N) is 3. The van der Waals surface area contributed by atoms with Gasteiger partial charge in [0.2, 0.25) is 5.95 Å². The predicted octanol–water partition coefficient (Wildman–Crippen LogP) is 3.90. The molecule has 0 radical (unpaired) electrons. The van der Waals surface area contributed by atoms with Crippen molar-refractivity contribution in [1.29, 1.82) is 5.26 Å². The molecule has 20 heavy (non-hydrogen) atoms. The van der Waals surface area contributed by atoms with Crippen LogP contribution in [0.4, 0.5) is 5.95 Å². The van der Waals surface area contributed by atoms with E-state index >= 15 is 0 Å². The van der Waals surface area contributed by atoms with E-state index in [2.05, 4.69) is 27.0 Å². The van der Waals surface area contributed by atoms with Crippen molar-refractivity contribution in [3.8, 4) is 11.8 Å². The van der Waals surface area contributed by atoms with Crippen LogP contribution in [-0.2, 0) is 0 Å². The smallest absolute Gasteiger partial charge is 0.206 e. The molecule has 6 heteroatoms. The van der Waals surface area contributed by atoms with Gasteiger partial charge in [-0.25, -0.2) is 4.98 Å². The van der Waals surface area contributed by atoms with Crippen LogP contribution in [0, 0.1) is 11.3 Å². The third kappa shape index (κ3) is 1.94. The minimum Gasteiger partial charge on any atom is -0.369 e. The van der Waals surface area contributed by atoms with Gasteiger partial charge >= 0.3 is 0 Å². The molecular weight excluding hydrogens is 340 g/mol. The average molecular weight is 348 g/mol. The first kappa shape index (κ1) is 13.0. The fraction of sp³-hybridized carbons (Fsp3) is 0. The zero-order chi connectivity index (χ0) is 14.3. The summed E-state index contributed by atoms with van der Waals surface area (Å²) in [7, 11) is 0. The Kier molecular flexibility index (Phi) is 3.13. The molecule has 1 heterocycles. The van der Waals surface area contributed by atoms with Gasteiger partial charge in [0.15, 0.2) is 0 Å². The Hall–Kier alpha value is -2.03. The molecule has 0 aliphatic rings. The summed E-state index contributed by atoms with van der Waals surface area (Å²) in [5.41, 5.74) is 8.57. The molecule has 0 bridgehead atoms. The standard InChI is InChI=1S/C14H8BrClN4/c15-9-4-5-11(8(6-9)7-17)20-12-3-1-2-10(16)13(12)19-14(20)18/h1-6H,(H2,18,19). The molecule has 0 saturated carbocycles. The lowest BCUT2D eigenvalue weighted by molar-refractivity contribution is 1.10. The van der Waals surface area contributed by atoms with Gasteiger partial charge in [0.1, 0.15) is 11.6 Å². The first-order valence-corrected chi connectivity index (χ1v) is 6.91. The lowest BCUT2D eigenvalue weighted by Gasteiger charge is -2.09. The zero-order valence-corrected chi connectivity index (χ0v) is 12.5. The number of hydrogen-bond acceptors (Lipinski definition) is 3. The second kappa shape index (κ2) is 4.82. The summed E-state index contributed by atoms with van der Waals surface area (Å²) >= 11 is 9.48. The van der Waals surface area contributed by atoms with E-state index in [9.17, 15) is 5.26 Å². The van der Waals surface area contributed by atoms with Gasteiger partial charge in [0.25, 0.3) is 0 Å². The normalized spacial score (nSPS) is 10.7. The molecule has 0 unspecified atom stereocenters. The van der Waals surface area contributed by atoms with Crippen LogP contribution in [0.3, 0.4) is 0 Å². The fourth-order valence-corrected chi connectivity index (χ4v) is 2.70. The molecule has 0 fully saturated rings. The number of para-hydroxylation sites is 1. The molecule has 0 amide bonds. The summed E-state index contributed by atoms with van der Waals surface area (Å²) in [4.78, 5) is 4.27. The third-order valence-electron chi connectivity index (χ3n) is 2.98. The van der Waals surface area contributed by atoms with Crippen molar-refractivity contribution in [2.45, 2.75) is 0 Å². The fourth-order valence-electron chi connectivity index (χ4n) is 2.13. The maximum Gasteiger partial charge on any atom is 0.206 e. The second-order valence-corrected chi connectivity index (χ2v) is 5.51. The number of nitrogens with two attached hydrogens (primary N) is 1. The molecule has 3 aromatic rings. The highest BCUT2D eigenvalue weighted by molar-refractivity contribution is 9.10. The highest BCUT2D eigenvalue weighted by Gasteiger charge is 2.15. The molecule has 0 aliphatic carbocycles. The monoisotopic (exact) mass is 346 g/mol. The van der Waals surface area contributed by atoms with Crippen LogP contribution in [-0.4, -0.2) is 9.55 Å². The van der Waals surface area contributed by atoms with E-state index in [0.717, 1.165) is 9.99 Å². The molecular formula is C14H8BrClN4. The van der Waals surface area contributed by atoms with Crippen molar-refractivity contribution < 1.29 is 0 Å². The number of imidazole rings is 1. The molecule has 98 valence electrons. The highest BCUT2D eigenvalue weighted by Crippen LogP contribution is 2.30. The average Bonchev–Trinajstić information content (AvgIpc) is 2.77. The summed E-state index contributed by atoms with van der Waals surface area (Å²) in [6.07, 6.45) is 0. The largest absolute Gasteiger partial charge is 0.369 e. The number of fused-ring (bicyclic) bond motifs is 1. The van der Waals surface area contributed by atoms with Crippen LogP contribution < -0.4 is 5.73 Å². The predicted molar refractivity (Wildman–Crippen MR) is 82.9 cm³/mol. The quantitative estimate of drug-likeness (QED) is 0.726. The molecule has 0 aliphatic heterocycles. The lowest BCUT2D eigenvalue weighted by Crippen LogP contribution is -2.02. The molecule has 0 atom stereocenters. The molecule has 0 spiro atoms. The topological polar surface area (TPSA) is 67.6 Å². The summed E-state index contributed by atoms with van der Waals surface area (Å²) in [6.45, 7) is 0. The minimum atomic E-state index is 0.298. The summed E-state index contributed by atoms with van der Waals surface area (Å²) in [6, 6.07) is 13.0. The molecule has 3 rings (SSSR count). The number of anilines is 1. The van der Waals surface area contributed by atoms with Gasteiger partial charge in [-0.2, -0.15) is 5.26 Å². The zero-order valence-electron chi connectivity index (χ0n) is 10.1. The van der Waals surface area contributed by atoms with Crippen molar-refractivity contribution in [3.63, 3.8) is 0 Å². The molecule has 4 nitrogen and oxygen atoms in total. The summed E-state index contributed by atoms with van der Waals surface area (Å²) in [5.74, 6) is 0.298. The van der Waals surface area contributed by atoms with Gasteiger partial charge in [-0.15, -0.1) is 0 Å². The van der Waals surface area contributed by atoms with Gasteiger partial charge < -0.3 is 5.73 Å². The van der Waals surface area contributed by atoms with Crippen molar-refractivity contribution in [1.82, 2.24) is 9.55 Å². The highest BCUT2D eigenvalue weighted by atomic mass is 79.9. The van der Waals surface area contributed by atoms with Gasteiger partial charge in [0, 0.05) is 4.47 Å². The number of benzene rings is 2. The van der Waals surface area contributed by atoms with E-state index in [-0.39, 0.29) is 0 Å². The minimum absolute atomic E-state index is 0.298. The van der Waals surface area contributed by atoms with E-state index in [0.29, 0.717) is 27.7 Å². The Morgan fingerprint density at radius 2 is 2.10 bits per heavy atom. The van der Waals surface area contributed by atoms with Crippen molar-refractivity contribution in [2.24, 2.45) is 0 Å². The van der Waals surface area contributed by atoms with Gasteiger partial charge in [-0.1, -0.05) is 33.6 Å². The van der Waals surface area contributed by atoms with E-state index in [1.54, 1.807) is 16.7 Å². The molecule has 2 aromatic carbocycles. The molecule has 0 saturated heterocycles. The maximum absolute atomic E-state index is 9.29. The number of halogens is 2. The maximum atomic E-state index is 9.29. The number of aromatic nitrogens is 2. The van der Waals surface area contributed by atoms with Crippen LogP contribution in [0.15, 0.2) is 40.9 Å². The first-order valence-electron chi connectivity index (χ1n) is 5.74. The van der Waals surface area contributed by atoms with E-state index in [4.69, 9.17) is 17.3 Å². The van der Waals surface area contributed by atoms with Crippen LogP contribution >= 0.6 is 27.5 Å². The molecule has 2 N–H and O–H groups in total. The van der Waals surface area contributed by atoms with Gasteiger partial charge in [-0.3, -0.25) is 4.57 Å². The first-order chi connectivity index (χ1) is 9.61. The van der Waals surface area contributed by atoms with Crippen LogP contribution in [0.2, 0.25) is 5.02 Å². The second-order valence-electron chi connectivity index (χ2n) is 4.19. The Bertz CT molecular complexity index is 863. The Morgan fingerprint density at radius 3 is 2.85 bits per heavy atom. The Balaban J connectivity index is 2.39. The summed E-state index contributed by atoms with van der Waals surface area (Å²) < 4.78 is 2.56. The Morgan fingerprint density at radius 1 is 1.30 bits per heavy atom. The lowest BCUT2D eigenvalue weighted by atomic mass is 10.2. The van der Waals surface area contributed by atoms with Crippen LogP contribution in [0.1, 0.15) is 5.56 Å². The van der Waals surface area contributed by atoms with Gasteiger partial charge in [0.05, 0.1) is 21.8 Å². The van der Waals surface area contributed by atoms with Crippen LogP contribution in [0.25, 0.3) is 16.7 Å². The van der Waals surface area contributed by atoms with Crippen molar-refractivity contribution in [2.75, 3.05) is 5.73 Å². The van der Waals surface area contributed by atoms with E-state index < -0.39 is 0 Å². The van der Waals surface area contributed by atoms with Crippen molar-refractivity contribution >= 4 is 44.5 Å².